The van der Waals surface area contributed by atoms with Gasteiger partial charge in [0.2, 0.25) is 6.23 Å². The van der Waals surface area contributed by atoms with E-state index in [2.05, 4.69) is 5.10 Å². The van der Waals surface area contributed by atoms with Gasteiger partial charge in [-0.2, -0.15) is 0 Å². The number of fused-ring (bicyclic) bond motifs is 2. The van der Waals surface area contributed by atoms with Gasteiger partial charge in [0.1, 0.15) is 5.75 Å². The summed E-state index contributed by atoms with van der Waals surface area (Å²) in [4.78, 5) is 12.4. The maximum atomic E-state index is 12.4. The molecule has 3 aromatic rings. The number of H-pyrrole nitrogens is 1. The molecule has 0 spiro atoms. The first-order valence-corrected chi connectivity index (χ1v) is 6.46. The van der Waals surface area contributed by atoms with Crippen LogP contribution in [-0.4, -0.2) is 9.78 Å². The molecule has 4 heteroatoms. The molecule has 20 heavy (non-hydrogen) atoms. The van der Waals surface area contributed by atoms with Crippen molar-refractivity contribution in [3.63, 3.8) is 0 Å². The largest absolute Gasteiger partial charge is 0.464 e. The highest BCUT2D eigenvalue weighted by molar-refractivity contribution is 5.77. The maximum Gasteiger partial charge on any atom is 0.277 e. The van der Waals surface area contributed by atoms with Crippen LogP contribution in [0.3, 0.4) is 0 Å². The normalized spacial score (nSPS) is 16.9. The van der Waals surface area contributed by atoms with Crippen LogP contribution in [0.1, 0.15) is 11.8 Å². The lowest BCUT2D eigenvalue weighted by molar-refractivity contribution is 0.161. The first kappa shape index (κ1) is 11.1. The highest BCUT2D eigenvalue weighted by Crippen LogP contribution is 2.28. The molecule has 0 saturated heterocycles. The summed E-state index contributed by atoms with van der Waals surface area (Å²) in [6, 6.07) is 15.2. The Morgan fingerprint density at radius 1 is 1.05 bits per heavy atom. The lowest BCUT2D eigenvalue weighted by Crippen LogP contribution is -2.26. The molecule has 98 valence electrons. The Balaban J connectivity index is 1.82. The van der Waals surface area contributed by atoms with E-state index < -0.39 is 6.23 Å². The number of hydrogen-bond acceptors (Lipinski definition) is 2. The Bertz CT molecular complexity index is 873. The van der Waals surface area contributed by atoms with E-state index in [1.807, 2.05) is 60.7 Å². The molecular formula is C16H12N2O2. The van der Waals surface area contributed by atoms with Crippen molar-refractivity contribution in [1.82, 2.24) is 9.78 Å². The molecule has 1 aliphatic rings. The second-order valence-corrected chi connectivity index (χ2v) is 4.74. The van der Waals surface area contributed by atoms with E-state index >= 15 is 0 Å². The van der Waals surface area contributed by atoms with Crippen molar-refractivity contribution in [2.75, 3.05) is 0 Å². The number of aromatic nitrogens is 2. The average molecular weight is 264 g/mol. The molecule has 1 N–H and O–H groups in total. The van der Waals surface area contributed by atoms with Crippen LogP contribution in [0.2, 0.25) is 0 Å². The molecule has 0 radical (unpaired) electrons. The van der Waals surface area contributed by atoms with E-state index in [0.29, 0.717) is 5.39 Å². The summed E-state index contributed by atoms with van der Waals surface area (Å²) in [6.45, 7) is 0. The summed E-state index contributed by atoms with van der Waals surface area (Å²) in [5, 5.41) is 3.76. The van der Waals surface area contributed by atoms with Gasteiger partial charge >= 0.3 is 0 Å². The third-order valence-corrected chi connectivity index (χ3v) is 3.48. The number of aromatic amines is 1. The van der Waals surface area contributed by atoms with Crippen LogP contribution < -0.4 is 10.3 Å². The quantitative estimate of drug-likeness (QED) is 0.734. The minimum absolute atomic E-state index is 0.0744. The fraction of sp³-hybridized carbons (Fsp3) is 0.0625. The van der Waals surface area contributed by atoms with E-state index in [0.717, 1.165) is 16.8 Å². The van der Waals surface area contributed by atoms with Gasteiger partial charge in [-0.05, 0) is 30.4 Å². The van der Waals surface area contributed by atoms with Crippen molar-refractivity contribution >= 4 is 17.0 Å². The van der Waals surface area contributed by atoms with Gasteiger partial charge in [0.15, 0.2) is 0 Å². The van der Waals surface area contributed by atoms with Crippen molar-refractivity contribution in [1.29, 1.82) is 0 Å². The number of nitrogens with one attached hydrogen (secondary N) is 1. The van der Waals surface area contributed by atoms with Crippen molar-refractivity contribution in [3.05, 3.63) is 70.5 Å². The Hall–Kier alpha value is -2.75. The maximum absolute atomic E-state index is 12.4. The zero-order valence-electron chi connectivity index (χ0n) is 10.6. The topological polar surface area (TPSA) is 47.0 Å². The van der Waals surface area contributed by atoms with Gasteiger partial charge in [0.25, 0.3) is 5.56 Å². The summed E-state index contributed by atoms with van der Waals surface area (Å²) >= 11 is 0. The number of rotatable bonds is 1. The van der Waals surface area contributed by atoms with E-state index in [4.69, 9.17) is 4.74 Å². The van der Waals surface area contributed by atoms with Gasteiger partial charge in [-0.1, -0.05) is 30.3 Å². The standard InChI is InChI=1S/C16H12N2O2/c19-16-12-6-2-3-7-13(12)17-18(16)15-10-9-11-5-1-4-8-14(11)20-15/h1-10,15,17H. The zero-order valence-corrected chi connectivity index (χ0v) is 10.6. The highest BCUT2D eigenvalue weighted by Gasteiger charge is 2.19. The van der Waals surface area contributed by atoms with Gasteiger partial charge in [-0.15, -0.1) is 0 Å². The van der Waals surface area contributed by atoms with E-state index in [1.54, 1.807) is 0 Å². The van der Waals surface area contributed by atoms with Crippen LogP contribution in [0.15, 0.2) is 59.4 Å². The first-order valence-electron chi connectivity index (χ1n) is 6.46. The molecule has 2 heterocycles. The van der Waals surface area contributed by atoms with E-state index in [1.165, 1.54) is 4.68 Å². The fourth-order valence-corrected chi connectivity index (χ4v) is 2.48. The van der Waals surface area contributed by atoms with Gasteiger partial charge in [0.05, 0.1) is 10.9 Å². The smallest absolute Gasteiger partial charge is 0.277 e. The van der Waals surface area contributed by atoms with Crippen LogP contribution in [0.25, 0.3) is 17.0 Å². The Morgan fingerprint density at radius 3 is 2.75 bits per heavy atom. The predicted octanol–water partition coefficient (Wildman–Crippen LogP) is 2.93. The second kappa shape index (κ2) is 4.13. The van der Waals surface area contributed by atoms with Gasteiger partial charge in [0, 0.05) is 5.56 Å². The number of hydrogen-bond donors (Lipinski definition) is 1. The molecule has 1 unspecified atom stereocenters. The highest BCUT2D eigenvalue weighted by atomic mass is 16.5. The summed E-state index contributed by atoms with van der Waals surface area (Å²) in [6.07, 6.45) is 3.41. The summed E-state index contributed by atoms with van der Waals surface area (Å²) in [7, 11) is 0. The van der Waals surface area contributed by atoms with Crippen molar-refractivity contribution in [2.24, 2.45) is 0 Å². The van der Waals surface area contributed by atoms with Gasteiger partial charge < -0.3 is 4.74 Å². The van der Waals surface area contributed by atoms with Crippen LogP contribution >= 0.6 is 0 Å². The lowest BCUT2D eigenvalue weighted by atomic mass is 10.1. The van der Waals surface area contributed by atoms with E-state index in [-0.39, 0.29) is 5.56 Å². The second-order valence-electron chi connectivity index (χ2n) is 4.74. The number of ether oxygens (including phenoxy) is 1. The first-order chi connectivity index (χ1) is 9.83. The monoisotopic (exact) mass is 264 g/mol. The Morgan fingerprint density at radius 2 is 1.85 bits per heavy atom. The van der Waals surface area contributed by atoms with Crippen LogP contribution in [0.4, 0.5) is 0 Å². The molecule has 0 bridgehead atoms. The number of benzene rings is 2. The molecule has 4 rings (SSSR count). The van der Waals surface area contributed by atoms with Crippen molar-refractivity contribution in [2.45, 2.75) is 6.23 Å². The molecule has 1 aromatic heterocycles. The Kier molecular flexibility index (Phi) is 2.29. The fourth-order valence-electron chi connectivity index (χ4n) is 2.48. The molecule has 0 saturated carbocycles. The van der Waals surface area contributed by atoms with Crippen LogP contribution in [0.5, 0.6) is 5.75 Å². The molecule has 0 amide bonds. The average Bonchev–Trinajstić information content (AvgIpc) is 2.84. The lowest BCUT2D eigenvalue weighted by Gasteiger charge is -2.21. The number of para-hydroxylation sites is 2. The molecule has 2 aromatic carbocycles. The van der Waals surface area contributed by atoms with Gasteiger partial charge in [-0.3, -0.25) is 9.89 Å². The van der Waals surface area contributed by atoms with Crippen LogP contribution in [-0.2, 0) is 0 Å². The summed E-state index contributed by atoms with van der Waals surface area (Å²) < 4.78 is 7.38. The molecule has 1 aliphatic heterocycles. The van der Waals surface area contributed by atoms with Crippen molar-refractivity contribution in [3.8, 4) is 5.75 Å². The molecule has 0 aliphatic carbocycles. The Labute approximate surface area is 114 Å². The van der Waals surface area contributed by atoms with Crippen molar-refractivity contribution < 1.29 is 4.74 Å². The van der Waals surface area contributed by atoms with Crippen LogP contribution in [0, 0.1) is 0 Å². The van der Waals surface area contributed by atoms with Gasteiger partial charge in [-0.25, -0.2) is 4.68 Å². The summed E-state index contributed by atoms with van der Waals surface area (Å²) in [5.41, 5.74) is 1.76. The molecule has 1 atom stereocenters. The molecule has 0 fully saturated rings. The molecular weight excluding hydrogens is 252 g/mol. The van der Waals surface area contributed by atoms with E-state index in [9.17, 15) is 4.79 Å². The third-order valence-electron chi connectivity index (χ3n) is 3.48. The molecule has 4 nitrogen and oxygen atoms in total. The zero-order chi connectivity index (χ0) is 13.5. The SMILES string of the molecule is O=c1c2ccccc2[nH]n1C1C=Cc2ccccc2O1. The minimum Gasteiger partial charge on any atom is -0.464 e. The third kappa shape index (κ3) is 1.58. The predicted molar refractivity (Wildman–Crippen MR) is 77.7 cm³/mol. The number of nitrogens with zero attached hydrogens (tertiary/aromatic N) is 1. The summed E-state index contributed by atoms with van der Waals surface area (Å²) in [5.74, 6) is 0.783. The minimum atomic E-state index is -0.440.